The Morgan fingerprint density at radius 2 is 1.68 bits per heavy atom. The van der Waals surface area contributed by atoms with E-state index in [0.717, 1.165) is 36.1 Å². The molecule has 2 aromatic rings. The van der Waals surface area contributed by atoms with E-state index in [4.69, 9.17) is 11.6 Å². The van der Waals surface area contributed by atoms with Crippen molar-refractivity contribution in [2.45, 2.75) is 51.5 Å². The van der Waals surface area contributed by atoms with Gasteiger partial charge in [0.15, 0.2) is 0 Å². The molecule has 0 spiro atoms. The van der Waals surface area contributed by atoms with Crippen LogP contribution in [0.5, 0.6) is 0 Å². The number of amides is 3. The lowest BCUT2D eigenvalue weighted by Crippen LogP contribution is -2.58. The average Bonchev–Trinajstić information content (AvgIpc) is 2.66. The Hall–Kier alpha value is -2.53. The zero-order valence-electron chi connectivity index (χ0n) is 16.3. The number of hydrogen-bond acceptors (Lipinski definition) is 2. The monoisotopic (exact) mass is 399 g/mol. The normalized spacial score (nSPS) is 15.5. The first-order chi connectivity index (χ1) is 13.4. The molecule has 3 amide bonds. The summed E-state index contributed by atoms with van der Waals surface area (Å²) in [5.41, 5.74) is 2.60. The van der Waals surface area contributed by atoms with Crippen molar-refractivity contribution < 1.29 is 9.59 Å². The third kappa shape index (κ3) is 4.65. The molecule has 0 aromatic heterocycles. The average molecular weight is 400 g/mol. The standard InChI is InChI=1S/C22H26ClN3O2/c1-15-8-6-11-19(16(15)2)25-20(27)22(12-4-3-5-13-22)26-21(28)24-18-10-7-9-17(23)14-18/h6-11,14H,3-5,12-13H2,1-2H3,(H,25,27)(H2,24,26,28). The number of aryl methyl sites for hydroxylation is 1. The summed E-state index contributed by atoms with van der Waals surface area (Å²) in [7, 11) is 0. The highest BCUT2D eigenvalue weighted by atomic mass is 35.5. The highest BCUT2D eigenvalue weighted by Gasteiger charge is 2.41. The quantitative estimate of drug-likeness (QED) is 0.642. The summed E-state index contributed by atoms with van der Waals surface area (Å²) in [6.45, 7) is 4.00. The van der Waals surface area contributed by atoms with Gasteiger partial charge in [0.25, 0.3) is 0 Å². The fraction of sp³-hybridized carbons (Fsp3) is 0.364. The molecule has 1 saturated carbocycles. The maximum Gasteiger partial charge on any atom is 0.320 e. The molecule has 2 aromatic carbocycles. The molecule has 0 unspecified atom stereocenters. The van der Waals surface area contributed by atoms with Crippen LogP contribution in [0.1, 0.15) is 43.2 Å². The van der Waals surface area contributed by atoms with Crippen molar-refractivity contribution in [2.24, 2.45) is 0 Å². The van der Waals surface area contributed by atoms with Gasteiger partial charge < -0.3 is 16.0 Å². The van der Waals surface area contributed by atoms with Crippen molar-refractivity contribution in [1.82, 2.24) is 5.32 Å². The number of carbonyl (C=O) groups is 2. The van der Waals surface area contributed by atoms with Crippen molar-refractivity contribution in [2.75, 3.05) is 10.6 Å². The van der Waals surface area contributed by atoms with E-state index >= 15 is 0 Å². The number of nitrogens with one attached hydrogen (secondary N) is 3. The van der Waals surface area contributed by atoms with Crippen molar-refractivity contribution in [1.29, 1.82) is 0 Å². The second-order valence-electron chi connectivity index (χ2n) is 7.43. The second-order valence-corrected chi connectivity index (χ2v) is 7.87. The Morgan fingerprint density at radius 3 is 2.39 bits per heavy atom. The third-order valence-electron chi connectivity index (χ3n) is 5.43. The number of benzene rings is 2. The Labute approximate surface area is 170 Å². The van der Waals surface area contributed by atoms with Crippen LogP contribution < -0.4 is 16.0 Å². The summed E-state index contributed by atoms with van der Waals surface area (Å²) >= 11 is 5.98. The summed E-state index contributed by atoms with van der Waals surface area (Å²) in [6, 6.07) is 12.4. The molecular formula is C22H26ClN3O2. The second kappa shape index (κ2) is 8.65. The molecule has 3 N–H and O–H groups in total. The van der Waals surface area contributed by atoms with Gasteiger partial charge >= 0.3 is 6.03 Å². The number of hydrogen-bond donors (Lipinski definition) is 3. The van der Waals surface area contributed by atoms with E-state index in [1.165, 1.54) is 0 Å². The predicted molar refractivity (Wildman–Crippen MR) is 114 cm³/mol. The van der Waals surface area contributed by atoms with Crippen LogP contribution in [0.3, 0.4) is 0 Å². The fourth-order valence-electron chi connectivity index (χ4n) is 3.64. The zero-order chi connectivity index (χ0) is 20.1. The lowest BCUT2D eigenvalue weighted by Gasteiger charge is -2.36. The lowest BCUT2D eigenvalue weighted by atomic mass is 9.80. The van der Waals surface area contributed by atoms with Crippen molar-refractivity contribution in [3.05, 3.63) is 58.6 Å². The van der Waals surface area contributed by atoms with E-state index in [1.54, 1.807) is 24.3 Å². The molecule has 0 aliphatic heterocycles. The van der Waals surface area contributed by atoms with Crippen molar-refractivity contribution >= 4 is 34.9 Å². The molecule has 3 rings (SSSR count). The zero-order valence-corrected chi connectivity index (χ0v) is 17.0. The summed E-state index contributed by atoms with van der Waals surface area (Å²) in [5, 5.41) is 9.31. The maximum absolute atomic E-state index is 13.2. The van der Waals surface area contributed by atoms with E-state index in [-0.39, 0.29) is 5.91 Å². The van der Waals surface area contributed by atoms with Gasteiger partial charge in [0.2, 0.25) is 5.91 Å². The lowest BCUT2D eigenvalue weighted by molar-refractivity contribution is -0.123. The SMILES string of the molecule is Cc1cccc(NC(=O)C2(NC(=O)Nc3cccc(Cl)c3)CCCCC2)c1C. The highest BCUT2D eigenvalue weighted by Crippen LogP contribution is 2.30. The Balaban J connectivity index is 1.76. The van der Waals surface area contributed by atoms with Crippen LogP contribution in [0.25, 0.3) is 0 Å². The number of urea groups is 1. The summed E-state index contributed by atoms with van der Waals surface area (Å²) in [5.74, 6) is -0.165. The van der Waals surface area contributed by atoms with Gasteiger partial charge in [0.1, 0.15) is 5.54 Å². The predicted octanol–water partition coefficient (Wildman–Crippen LogP) is 5.42. The van der Waals surface area contributed by atoms with E-state index < -0.39 is 11.6 Å². The number of rotatable bonds is 4. The van der Waals surface area contributed by atoms with Crippen molar-refractivity contribution in [3.8, 4) is 0 Å². The van der Waals surface area contributed by atoms with Crippen LogP contribution in [-0.4, -0.2) is 17.5 Å². The van der Waals surface area contributed by atoms with Crippen molar-refractivity contribution in [3.63, 3.8) is 0 Å². The molecule has 1 aliphatic rings. The van der Waals surface area contributed by atoms with Gasteiger partial charge in [0, 0.05) is 16.4 Å². The molecule has 0 heterocycles. The minimum Gasteiger partial charge on any atom is -0.324 e. The third-order valence-corrected chi connectivity index (χ3v) is 5.66. The van der Waals surface area contributed by atoms with E-state index in [0.29, 0.717) is 23.6 Å². The first-order valence-electron chi connectivity index (χ1n) is 9.62. The van der Waals surface area contributed by atoms with Gasteiger partial charge in [-0.3, -0.25) is 4.79 Å². The van der Waals surface area contributed by atoms with Crippen LogP contribution in [0.4, 0.5) is 16.2 Å². The van der Waals surface area contributed by atoms with E-state index in [2.05, 4.69) is 16.0 Å². The van der Waals surface area contributed by atoms with Crippen LogP contribution >= 0.6 is 11.6 Å². The summed E-state index contributed by atoms with van der Waals surface area (Å²) in [6.07, 6.45) is 4.10. The molecule has 1 fully saturated rings. The van der Waals surface area contributed by atoms with E-state index in [1.807, 2.05) is 32.0 Å². The molecule has 0 saturated heterocycles. The topological polar surface area (TPSA) is 70.2 Å². The van der Waals surface area contributed by atoms with E-state index in [9.17, 15) is 9.59 Å². The van der Waals surface area contributed by atoms with Gasteiger partial charge in [-0.1, -0.05) is 49.1 Å². The molecule has 0 radical (unpaired) electrons. The minimum absolute atomic E-state index is 0.165. The Kier molecular flexibility index (Phi) is 6.25. The van der Waals surface area contributed by atoms with Gasteiger partial charge in [-0.05, 0) is 62.1 Å². The largest absolute Gasteiger partial charge is 0.324 e. The summed E-state index contributed by atoms with van der Waals surface area (Å²) < 4.78 is 0. The fourth-order valence-corrected chi connectivity index (χ4v) is 3.83. The molecule has 148 valence electrons. The Morgan fingerprint density at radius 1 is 0.964 bits per heavy atom. The first-order valence-corrected chi connectivity index (χ1v) is 10.00. The molecular weight excluding hydrogens is 374 g/mol. The molecule has 28 heavy (non-hydrogen) atoms. The maximum atomic E-state index is 13.2. The van der Waals surface area contributed by atoms with Crippen LogP contribution in [0, 0.1) is 13.8 Å². The van der Waals surface area contributed by atoms with Gasteiger partial charge in [-0.15, -0.1) is 0 Å². The van der Waals surface area contributed by atoms with Gasteiger partial charge in [-0.25, -0.2) is 4.79 Å². The number of carbonyl (C=O) groups excluding carboxylic acids is 2. The summed E-state index contributed by atoms with van der Waals surface area (Å²) in [4.78, 5) is 25.9. The molecule has 5 nitrogen and oxygen atoms in total. The highest BCUT2D eigenvalue weighted by molar-refractivity contribution is 6.30. The van der Waals surface area contributed by atoms with Crippen LogP contribution in [0.15, 0.2) is 42.5 Å². The smallest absolute Gasteiger partial charge is 0.320 e. The minimum atomic E-state index is -0.920. The number of halogens is 1. The molecule has 1 aliphatic carbocycles. The molecule has 6 heteroatoms. The van der Waals surface area contributed by atoms with Crippen LogP contribution in [-0.2, 0) is 4.79 Å². The Bertz CT molecular complexity index is 876. The number of anilines is 2. The van der Waals surface area contributed by atoms with Gasteiger partial charge in [-0.2, -0.15) is 0 Å². The molecule has 0 bridgehead atoms. The molecule has 0 atom stereocenters. The van der Waals surface area contributed by atoms with Crippen LogP contribution in [0.2, 0.25) is 5.02 Å². The first kappa shape index (κ1) is 20.2. The van der Waals surface area contributed by atoms with Gasteiger partial charge in [0.05, 0.1) is 0 Å².